The van der Waals surface area contributed by atoms with E-state index in [2.05, 4.69) is 31.0 Å². The van der Waals surface area contributed by atoms with Gasteiger partial charge < -0.3 is 20.5 Å². The first-order valence-corrected chi connectivity index (χ1v) is 9.95. The van der Waals surface area contributed by atoms with Crippen LogP contribution in [-0.4, -0.2) is 55.6 Å². The van der Waals surface area contributed by atoms with Crippen LogP contribution in [0.15, 0.2) is 24.3 Å². The van der Waals surface area contributed by atoms with Gasteiger partial charge in [-0.15, -0.1) is 20.4 Å². The van der Waals surface area contributed by atoms with E-state index in [-0.39, 0.29) is 24.1 Å². The Morgan fingerprint density at radius 1 is 0.969 bits per heavy atom. The van der Waals surface area contributed by atoms with Crippen LogP contribution >= 0.6 is 0 Å². The van der Waals surface area contributed by atoms with Crippen LogP contribution in [0.3, 0.4) is 0 Å². The normalized spacial score (nSPS) is 12.6. The minimum Gasteiger partial charge on any atom is -0.481 e. The summed E-state index contributed by atoms with van der Waals surface area (Å²) in [6.07, 6.45) is -0.750. The summed E-state index contributed by atoms with van der Waals surface area (Å²) in [6.45, 7) is 10.3. The molecule has 1 aromatic carbocycles. The van der Waals surface area contributed by atoms with Crippen LogP contribution in [-0.2, 0) is 14.3 Å². The maximum absolute atomic E-state index is 12.1. The third-order valence-electron chi connectivity index (χ3n) is 4.04. The molecule has 0 bridgehead atoms. The molecule has 0 saturated carbocycles. The van der Waals surface area contributed by atoms with Gasteiger partial charge in [0.2, 0.25) is 11.7 Å². The molecule has 0 aliphatic rings. The Bertz CT molecular complexity index is 962. The number of carboxylic acid groups (broad SMARTS) is 1. The number of nitrogens with zero attached hydrogens (tertiary/aromatic N) is 4. The summed E-state index contributed by atoms with van der Waals surface area (Å²) >= 11 is 0. The van der Waals surface area contributed by atoms with Crippen molar-refractivity contribution >= 4 is 23.7 Å². The number of anilines is 1. The van der Waals surface area contributed by atoms with Gasteiger partial charge in [0.25, 0.3) is 0 Å². The van der Waals surface area contributed by atoms with Gasteiger partial charge in [0.05, 0.1) is 0 Å². The molecule has 0 aliphatic heterocycles. The number of nitrogens with one attached hydrogen (secondary N) is 2. The zero-order chi connectivity index (χ0) is 24.1. The highest BCUT2D eigenvalue weighted by atomic mass is 16.6. The van der Waals surface area contributed by atoms with Gasteiger partial charge in [-0.1, -0.05) is 20.8 Å². The number of ether oxygens (including phenoxy) is 1. The summed E-state index contributed by atoms with van der Waals surface area (Å²) < 4.78 is 5.09. The predicted octanol–water partition coefficient (Wildman–Crippen LogP) is 2.61. The first kappa shape index (κ1) is 24.6. The van der Waals surface area contributed by atoms with Gasteiger partial charge in [-0.3, -0.25) is 9.59 Å². The molecular weight excluding hydrogens is 416 g/mol. The quantitative estimate of drug-likeness (QED) is 0.609. The van der Waals surface area contributed by atoms with E-state index in [4.69, 9.17) is 4.74 Å². The van der Waals surface area contributed by atoms with Crippen molar-refractivity contribution in [3.8, 4) is 11.4 Å². The second-order valence-corrected chi connectivity index (χ2v) is 9.14. The number of carbonyl (C=O) groups excluding carboxylic acids is 2. The summed E-state index contributed by atoms with van der Waals surface area (Å²) in [5.74, 6) is -2.56. The number of rotatable bonds is 6. The lowest BCUT2D eigenvalue weighted by Gasteiger charge is -2.20. The number of alkyl carbamates (subject to hydrolysis) is 1. The number of carbonyl (C=O) groups is 3. The number of amides is 2. The van der Waals surface area contributed by atoms with Crippen LogP contribution in [0.1, 0.15) is 53.3 Å². The van der Waals surface area contributed by atoms with Gasteiger partial charge in [-0.25, -0.2) is 4.79 Å². The fourth-order valence-corrected chi connectivity index (χ4v) is 2.30. The molecule has 1 aromatic heterocycles. The molecule has 1 atom stereocenters. The molecule has 0 fully saturated rings. The molecule has 1 heterocycles. The van der Waals surface area contributed by atoms with Crippen molar-refractivity contribution < 1.29 is 24.2 Å². The first-order chi connectivity index (χ1) is 14.8. The highest BCUT2D eigenvalue weighted by molar-refractivity contribution is 5.94. The fourth-order valence-electron chi connectivity index (χ4n) is 2.30. The Morgan fingerprint density at radius 2 is 1.53 bits per heavy atom. The van der Waals surface area contributed by atoms with E-state index in [9.17, 15) is 19.5 Å². The van der Waals surface area contributed by atoms with Gasteiger partial charge in [-0.05, 0) is 45.0 Å². The zero-order valence-corrected chi connectivity index (χ0v) is 19.0. The van der Waals surface area contributed by atoms with E-state index in [1.807, 2.05) is 20.8 Å². The molecule has 2 amide bonds. The van der Waals surface area contributed by atoms with Crippen LogP contribution in [0, 0.1) is 5.41 Å². The minimum atomic E-state index is -1.24. The van der Waals surface area contributed by atoms with Crippen molar-refractivity contribution in [3.63, 3.8) is 0 Å². The van der Waals surface area contributed by atoms with E-state index >= 15 is 0 Å². The second kappa shape index (κ2) is 9.67. The average Bonchev–Trinajstić information content (AvgIpc) is 2.67. The van der Waals surface area contributed by atoms with Gasteiger partial charge in [0, 0.05) is 23.2 Å². The van der Waals surface area contributed by atoms with Crippen LogP contribution in [0.2, 0.25) is 0 Å². The monoisotopic (exact) mass is 444 g/mol. The van der Waals surface area contributed by atoms with E-state index in [0.717, 1.165) is 0 Å². The van der Waals surface area contributed by atoms with E-state index in [1.165, 1.54) is 0 Å². The second-order valence-electron chi connectivity index (χ2n) is 9.14. The van der Waals surface area contributed by atoms with Gasteiger partial charge in [0.15, 0.2) is 5.82 Å². The maximum atomic E-state index is 12.1. The van der Waals surface area contributed by atoms with Crippen molar-refractivity contribution in [1.29, 1.82) is 0 Å². The van der Waals surface area contributed by atoms with E-state index < -0.39 is 29.0 Å². The third kappa shape index (κ3) is 7.25. The SMILES string of the molecule is CC(C)(C)OC(=O)NCC(C(=O)O)c1nnc(-c2ccc(NC(=O)C(C)(C)C)cc2)nn1. The summed E-state index contributed by atoms with van der Waals surface area (Å²) in [6, 6.07) is 6.77. The lowest BCUT2D eigenvalue weighted by Crippen LogP contribution is -2.37. The van der Waals surface area contributed by atoms with Gasteiger partial charge in [-0.2, -0.15) is 0 Å². The maximum Gasteiger partial charge on any atom is 0.407 e. The summed E-state index contributed by atoms with van der Waals surface area (Å²) in [5, 5.41) is 30.3. The van der Waals surface area contributed by atoms with Crippen molar-refractivity contribution in [3.05, 3.63) is 30.1 Å². The first-order valence-electron chi connectivity index (χ1n) is 9.95. The number of hydrogen-bond acceptors (Lipinski definition) is 8. The van der Waals surface area contributed by atoms with Crippen molar-refractivity contribution in [2.24, 2.45) is 5.41 Å². The zero-order valence-electron chi connectivity index (χ0n) is 19.0. The minimum absolute atomic E-state index is 0.117. The Kier molecular flexibility index (Phi) is 7.44. The molecule has 2 rings (SSSR count). The molecule has 11 heteroatoms. The van der Waals surface area contributed by atoms with Crippen LogP contribution < -0.4 is 10.6 Å². The Morgan fingerprint density at radius 3 is 2.00 bits per heavy atom. The van der Waals surface area contributed by atoms with Gasteiger partial charge in [0.1, 0.15) is 11.5 Å². The molecule has 0 saturated heterocycles. The number of carboxylic acids is 1. The van der Waals surface area contributed by atoms with Crippen molar-refractivity contribution in [2.45, 2.75) is 53.1 Å². The molecular formula is C21H28N6O5. The lowest BCUT2D eigenvalue weighted by molar-refractivity contribution is -0.138. The molecule has 0 aliphatic carbocycles. The number of aromatic nitrogens is 4. The van der Waals surface area contributed by atoms with Gasteiger partial charge >= 0.3 is 12.1 Å². The third-order valence-corrected chi connectivity index (χ3v) is 4.04. The van der Waals surface area contributed by atoms with E-state index in [0.29, 0.717) is 11.3 Å². The van der Waals surface area contributed by atoms with Crippen molar-refractivity contribution in [1.82, 2.24) is 25.7 Å². The summed E-state index contributed by atoms with van der Waals surface area (Å²) in [4.78, 5) is 35.4. The highest BCUT2D eigenvalue weighted by Crippen LogP contribution is 2.21. The summed E-state index contributed by atoms with van der Waals surface area (Å²) in [7, 11) is 0. The molecule has 172 valence electrons. The lowest BCUT2D eigenvalue weighted by atomic mass is 9.95. The molecule has 0 radical (unpaired) electrons. The Hall–Kier alpha value is -3.63. The fraction of sp³-hybridized carbons (Fsp3) is 0.476. The van der Waals surface area contributed by atoms with Crippen molar-refractivity contribution in [2.75, 3.05) is 11.9 Å². The Labute approximate surface area is 186 Å². The molecule has 1 unspecified atom stereocenters. The number of benzene rings is 1. The molecule has 11 nitrogen and oxygen atoms in total. The number of aliphatic carboxylic acids is 1. The average molecular weight is 444 g/mol. The standard InChI is InChI=1S/C21H28N6O5/c1-20(2,3)18(30)23-13-9-7-12(8-10-13)15-24-26-16(27-25-15)14(17(28)29)11-22-19(31)32-21(4,5)6/h7-10,14H,11H2,1-6H3,(H,22,31)(H,23,30)(H,28,29). The highest BCUT2D eigenvalue weighted by Gasteiger charge is 2.26. The van der Waals surface area contributed by atoms with Crippen LogP contribution in [0.25, 0.3) is 11.4 Å². The molecule has 3 N–H and O–H groups in total. The smallest absolute Gasteiger partial charge is 0.407 e. The topological polar surface area (TPSA) is 156 Å². The predicted molar refractivity (Wildman–Crippen MR) is 116 cm³/mol. The Balaban J connectivity index is 2.08. The van der Waals surface area contributed by atoms with Crippen LogP contribution in [0.5, 0.6) is 0 Å². The number of hydrogen-bond donors (Lipinski definition) is 3. The molecule has 32 heavy (non-hydrogen) atoms. The van der Waals surface area contributed by atoms with E-state index in [1.54, 1.807) is 45.0 Å². The molecule has 2 aromatic rings. The summed E-state index contributed by atoms with van der Waals surface area (Å²) in [5.41, 5.74) is -0.0333. The van der Waals surface area contributed by atoms with Crippen LogP contribution in [0.4, 0.5) is 10.5 Å². The molecule has 0 spiro atoms. The largest absolute Gasteiger partial charge is 0.481 e.